The molecule has 0 unspecified atom stereocenters. The number of aryl methyl sites for hydroxylation is 2. The van der Waals surface area contributed by atoms with Crippen LogP contribution in [0.2, 0.25) is 0 Å². The second-order valence-electron chi connectivity index (χ2n) is 8.86. The molecule has 8 heteroatoms. The summed E-state index contributed by atoms with van der Waals surface area (Å²) in [5, 5.41) is 5.28. The summed E-state index contributed by atoms with van der Waals surface area (Å²) >= 11 is 0. The zero-order valence-electron chi connectivity index (χ0n) is 19.9. The molecule has 1 aliphatic carbocycles. The molecule has 0 bridgehead atoms. The Morgan fingerprint density at radius 2 is 2.00 bits per heavy atom. The van der Waals surface area contributed by atoms with Crippen LogP contribution < -0.4 is 20.7 Å². The van der Waals surface area contributed by atoms with Gasteiger partial charge in [0.25, 0.3) is 5.56 Å². The van der Waals surface area contributed by atoms with Crippen molar-refractivity contribution in [1.82, 2.24) is 14.3 Å². The number of aromatic nitrogens is 3. The molecule has 0 amide bonds. The Hall–Kier alpha value is -3.39. The van der Waals surface area contributed by atoms with E-state index < -0.39 is 9.84 Å². The molecule has 1 aromatic carbocycles. The third kappa shape index (κ3) is 4.92. The fourth-order valence-electron chi connectivity index (χ4n) is 3.74. The highest BCUT2D eigenvalue weighted by Gasteiger charge is 2.23. The van der Waals surface area contributed by atoms with Crippen LogP contribution in [0.15, 0.2) is 52.6 Å². The predicted octanol–water partition coefficient (Wildman–Crippen LogP) is 2.50. The number of allylic oxidation sites excluding steroid dienone is 2. The summed E-state index contributed by atoms with van der Waals surface area (Å²) in [7, 11) is -1.80. The molecular weight excluding hydrogens is 450 g/mol. The maximum Gasteiger partial charge on any atom is 0.257 e. The van der Waals surface area contributed by atoms with Crippen molar-refractivity contribution in [3.05, 3.63) is 69.2 Å². The van der Waals surface area contributed by atoms with Crippen LogP contribution in [0.1, 0.15) is 25.3 Å². The van der Waals surface area contributed by atoms with Crippen LogP contribution in [0, 0.1) is 12.8 Å². The average molecular weight is 480 g/mol. The van der Waals surface area contributed by atoms with E-state index in [0.29, 0.717) is 39.8 Å². The van der Waals surface area contributed by atoms with Crippen LogP contribution in [-0.4, -0.2) is 35.6 Å². The molecule has 7 nitrogen and oxygen atoms in total. The van der Waals surface area contributed by atoms with Gasteiger partial charge in [0.15, 0.2) is 9.84 Å². The Morgan fingerprint density at radius 1 is 1.26 bits per heavy atom. The van der Waals surface area contributed by atoms with Crippen molar-refractivity contribution >= 4 is 28.2 Å². The summed E-state index contributed by atoms with van der Waals surface area (Å²) in [6.07, 6.45) is 12.5. The van der Waals surface area contributed by atoms with E-state index in [-0.39, 0.29) is 10.5 Å². The summed E-state index contributed by atoms with van der Waals surface area (Å²) in [5.41, 5.74) is 2.78. The van der Waals surface area contributed by atoms with Crippen molar-refractivity contribution in [2.75, 3.05) is 12.9 Å². The van der Waals surface area contributed by atoms with Gasteiger partial charge in [0.2, 0.25) is 0 Å². The summed E-state index contributed by atoms with van der Waals surface area (Å²) < 4.78 is 34.0. The van der Waals surface area contributed by atoms with Crippen molar-refractivity contribution in [2.45, 2.75) is 31.6 Å². The first-order valence-corrected chi connectivity index (χ1v) is 13.0. The molecule has 0 radical (unpaired) electrons. The number of hydrogen-bond donors (Lipinski definition) is 0. The zero-order chi connectivity index (χ0) is 24.6. The minimum atomic E-state index is -3.45. The molecule has 2 aromatic heterocycles. The normalized spacial score (nSPS) is 15.1. The molecule has 1 saturated carbocycles. The highest BCUT2D eigenvalue weighted by atomic mass is 32.2. The number of rotatable bonds is 7. The van der Waals surface area contributed by atoms with Gasteiger partial charge in [-0.3, -0.25) is 4.79 Å². The van der Waals surface area contributed by atoms with Crippen LogP contribution in [-0.2, 0) is 16.9 Å². The van der Waals surface area contributed by atoms with E-state index >= 15 is 0 Å². The lowest BCUT2D eigenvalue weighted by atomic mass is 10.0. The quantitative estimate of drug-likeness (QED) is 0.520. The number of benzene rings is 1. The SMILES string of the molecule is C=c1c(=O)n(C)cc(-c2cc(S(C)(=O)=O)ccc2OCC2CC2)/c1=C/C(=C\C)n1cc(C)cn1. The number of nitrogens with zero attached hydrogens (tertiary/aromatic N) is 3. The summed E-state index contributed by atoms with van der Waals surface area (Å²) in [4.78, 5) is 13.0. The lowest BCUT2D eigenvalue weighted by molar-refractivity contribution is 0.301. The van der Waals surface area contributed by atoms with Gasteiger partial charge in [-0.25, -0.2) is 13.1 Å². The first-order valence-electron chi connectivity index (χ1n) is 11.1. The molecule has 0 N–H and O–H groups in total. The Labute approximate surface area is 199 Å². The monoisotopic (exact) mass is 479 g/mol. The van der Waals surface area contributed by atoms with E-state index in [4.69, 9.17) is 4.74 Å². The van der Waals surface area contributed by atoms with Crippen LogP contribution in [0.4, 0.5) is 0 Å². The predicted molar refractivity (Wildman–Crippen MR) is 135 cm³/mol. The van der Waals surface area contributed by atoms with Gasteiger partial charge in [-0.2, -0.15) is 5.10 Å². The molecule has 1 aliphatic rings. The number of hydrogen-bond acceptors (Lipinski definition) is 5. The molecule has 0 aliphatic heterocycles. The number of ether oxygens (including phenoxy) is 1. The largest absolute Gasteiger partial charge is 0.493 e. The second-order valence-corrected chi connectivity index (χ2v) is 10.9. The van der Waals surface area contributed by atoms with Crippen LogP contribution in [0.5, 0.6) is 5.75 Å². The lowest BCUT2D eigenvalue weighted by Crippen LogP contribution is -2.44. The molecule has 4 rings (SSSR count). The summed E-state index contributed by atoms with van der Waals surface area (Å²) in [6.45, 7) is 8.47. The van der Waals surface area contributed by atoms with Gasteiger partial charge in [0.05, 0.1) is 23.4 Å². The van der Waals surface area contributed by atoms with Crippen molar-refractivity contribution in [3.63, 3.8) is 0 Å². The first kappa shape index (κ1) is 23.8. The Morgan fingerprint density at radius 3 is 2.59 bits per heavy atom. The summed E-state index contributed by atoms with van der Waals surface area (Å²) in [5.74, 6) is 1.10. The standard InChI is InChI=1S/C26H29N3O4S/c1-6-20(29-14-17(2)13-27-29)11-22-18(3)26(30)28(4)15-24(22)23-12-21(34(5,31)32)9-10-25(23)33-16-19-7-8-19/h6,9-15,19H,3,7-8,16H2,1-2,4-5H3/b20-6+,22-11+. The van der Waals surface area contributed by atoms with E-state index in [9.17, 15) is 13.2 Å². The Balaban J connectivity index is 2.01. The van der Waals surface area contributed by atoms with Gasteiger partial charge >= 0.3 is 0 Å². The van der Waals surface area contributed by atoms with Gasteiger partial charge in [0, 0.05) is 42.0 Å². The third-order valence-electron chi connectivity index (χ3n) is 5.92. The van der Waals surface area contributed by atoms with Crippen molar-refractivity contribution in [1.29, 1.82) is 0 Å². The van der Waals surface area contributed by atoms with Gasteiger partial charge < -0.3 is 9.30 Å². The van der Waals surface area contributed by atoms with Gasteiger partial charge in [-0.15, -0.1) is 0 Å². The van der Waals surface area contributed by atoms with Crippen molar-refractivity contribution in [3.8, 4) is 16.9 Å². The number of sulfone groups is 1. The van der Waals surface area contributed by atoms with Crippen molar-refractivity contribution < 1.29 is 13.2 Å². The first-order chi connectivity index (χ1) is 16.1. The van der Waals surface area contributed by atoms with E-state index in [2.05, 4.69) is 11.7 Å². The Kier molecular flexibility index (Phi) is 6.36. The van der Waals surface area contributed by atoms with Gasteiger partial charge in [-0.1, -0.05) is 12.7 Å². The van der Waals surface area contributed by atoms with Gasteiger partial charge in [-0.05, 0) is 67.7 Å². The smallest absolute Gasteiger partial charge is 0.257 e. The third-order valence-corrected chi connectivity index (χ3v) is 7.03. The van der Waals surface area contributed by atoms with E-state index in [1.165, 1.54) is 10.8 Å². The highest BCUT2D eigenvalue weighted by Crippen LogP contribution is 2.34. The fraction of sp³-hybridized carbons (Fsp3) is 0.308. The minimum Gasteiger partial charge on any atom is -0.493 e. The second kappa shape index (κ2) is 9.10. The van der Waals surface area contributed by atoms with Gasteiger partial charge in [0.1, 0.15) is 5.75 Å². The van der Waals surface area contributed by atoms with Crippen LogP contribution >= 0.6 is 0 Å². The lowest BCUT2D eigenvalue weighted by Gasteiger charge is -2.15. The van der Waals surface area contributed by atoms with E-state index in [0.717, 1.165) is 24.1 Å². The van der Waals surface area contributed by atoms with E-state index in [1.807, 2.05) is 32.2 Å². The number of pyridine rings is 1. The average Bonchev–Trinajstić information content (AvgIpc) is 3.53. The highest BCUT2D eigenvalue weighted by molar-refractivity contribution is 7.90. The van der Waals surface area contributed by atoms with Crippen LogP contribution in [0.25, 0.3) is 29.5 Å². The minimum absolute atomic E-state index is 0.181. The molecule has 178 valence electrons. The molecule has 2 heterocycles. The molecule has 0 spiro atoms. The molecular formula is C26H29N3O4S. The molecule has 1 fully saturated rings. The molecule has 0 atom stereocenters. The molecule has 34 heavy (non-hydrogen) atoms. The topological polar surface area (TPSA) is 83.2 Å². The van der Waals surface area contributed by atoms with Crippen LogP contribution in [0.3, 0.4) is 0 Å². The fourth-order valence-corrected chi connectivity index (χ4v) is 4.39. The van der Waals surface area contributed by atoms with Crippen molar-refractivity contribution in [2.24, 2.45) is 13.0 Å². The Bertz CT molecular complexity index is 1560. The molecule has 3 aromatic rings. The maximum atomic E-state index is 12.8. The zero-order valence-corrected chi connectivity index (χ0v) is 20.7. The maximum absolute atomic E-state index is 12.8. The summed E-state index contributed by atoms with van der Waals surface area (Å²) in [6, 6.07) is 4.86. The van der Waals surface area contributed by atoms with E-state index in [1.54, 1.807) is 42.3 Å². The molecule has 0 saturated heterocycles.